The van der Waals surface area contributed by atoms with E-state index in [0.717, 1.165) is 43.3 Å². The molecule has 5 nitrogen and oxygen atoms in total. The highest BCUT2D eigenvalue weighted by Crippen LogP contribution is 2.18. The van der Waals surface area contributed by atoms with Gasteiger partial charge in [-0.2, -0.15) is 0 Å². The predicted molar refractivity (Wildman–Crippen MR) is 98.6 cm³/mol. The molecule has 0 bridgehead atoms. The number of nitrogens with one attached hydrogen (secondary N) is 3. The van der Waals surface area contributed by atoms with Gasteiger partial charge < -0.3 is 20.7 Å². The SMILES string of the molecule is CN=C(NCCNC(C)(C)C)NCCc1ccc(C)c(OC)c1. The second kappa shape index (κ2) is 9.40. The average molecular weight is 320 g/mol. The molecular weight excluding hydrogens is 288 g/mol. The summed E-state index contributed by atoms with van der Waals surface area (Å²) in [6.07, 6.45) is 0.928. The van der Waals surface area contributed by atoms with E-state index in [9.17, 15) is 0 Å². The lowest BCUT2D eigenvalue weighted by molar-refractivity contribution is 0.411. The number of hydrogen-bond donors (Lipinski definition) is 3. The molecule has 0 radical (unpaired) electrons. The minimum Gasteiger partial charge on any atom is -0.496 e. The van der Waals surface area contributed by atoms with Gasteiger partial charge in [-0.05, 0) is 51.3 Å². The van der Waals surface area contributed by atoms with Gasteiger partial charge in [0.15, 0.2) is 5.96 Å². The molecule has 5 heteroatoms. The van der Waals surface area contributed by atoms with Crippen LogP contribution in [-0.2, 0) is 6.42 Å². The number of nitrogens with zero attached hydrogens (tertiary/aromatic N) is 1. The molecule has 0 aliphatic rings. The predicted octanol–water partition coefficient (Wildman–Crippen LogP) is 2.10. The number of rotatable bonds is 7. The fourth-order valence-electron chi connectivity index (χ4n) is 2.18. The van der Waals surface area contributed by atoms with Gasteiger partial charge in [-0.1, -0.05) is 12.1 Å². The van der Waals surface area contributed by atoms with Crippen molar-refractivity contribution in [3.63, 3.8) is 0 Å². The van der Waals surface area contributed by atoms with Crippen molar-refractivity contribution in [1.29, 1.82) is 0 Å². The van der Waals surface area contributed by atoms with Crippen LogP contribution in [0.15, 0.2) is 23.2 Å². The molecule has 0 saturated carbocycles. The molecule has 0 atom stereocenters. The first-order valence-corrected chi connectivity index (χ1v) is 8.19. The highest BCUT2D eigenvalue weighted by atomic mass is 16.5. The fraction of sp³-hybridized carbons (Fsp3) is 0.611. The van der Waals surface area contributed by atoms with E-state index in [1.54, 1.807) is 14.2 Å². The Hall–Kier alpha value is -1.75. The van der Waals surface area contributed by atoms with E-state index in [-0.39, 0.29) is 5.54 Å². The molecule has 1 rings (SSSR count). The Morgan fingerprint density at radius 1 is 1.13 bits per heavy atom. The quantitative estimate of drug-likeness (QED) is 0.409. The maximum absolute atomic E-state index is 5.36. The highest BCUT2D eigenvalue weighted by Gasteiger charge is 2.07. The fourth-order valence-corrected chi connectivity index (χ4v) is 2.18. The molecule has 0 unspecified atom stereocenters. The van der Waals surface area contributed by atoms with Gasteiger partial charge >= 0.3 is 0 Å². The van der Waals surface area contributed by atoms with Crippen LogP contribution < -0.4 is 20.7 Å². The summed E-state index contributed by atoms with van der Waals surface area (Å²) in [5.74, 6) is 1.78. The van der Waals surface area contributed by atoms with Crippen molar-refractivity contribution in [2.45, 2.75) is 39.7 Å². The van der Waals surface area contributed by atoms with Crippen molar-refractivity contribution < 1.29 is 4.74 Å². The number of aryl methyl sites for hydroxylation is 1. The molecule has 0 aliphatic heterocycles. The van der Waals surface area contributed by atoms with Crippen molar-refractivity contribution >= 4 is 5.96 Å². The van der Waals surface area contributed by atoms with E-state index in [2.05, 4.69) is 66.8 Å². The molecule has 1 aromatic rings. The Morgan fingerprint density at radius 3 is 2.43 bits per heavy atom. The number of benzene rings is 1. The van der Waals surface area contributed by atoms with E-state index >= 15 is 0 Å². The number of ether oxygens (including phenoxy) is 1. The summed E-state index contributed by atoms with van der Waals surface area (Å²) >= 11 is 0. The Labute approximate surface area is 140 Å². The Balaban J connectivity index is 2.32. The monoisotopic (exact) mass is 320 g/mol. The first kappa shape index (κ1) is 19.3. The van der Waals surface area contributed by atoms with Crippen molar-refractivity contribution in [2.24, 2.45) is 4.99 Å². The van der Waals surface area contributed by atoms with Crippen molar-refractivity contribution in [1.82, 2.24) is 16.0 Å². The third-order valence-corrected chi connectivity index (χ3v) is 3.47. The van der Waals surface area contributed by atoms with Gasteiger partial charge in [0, 0.05) is 32.2 Å². The number of methoxy groups -OCH3 is 1. The second-order valence-electron chi connectivity index (χ2n) is 6.66. The van der Waals surface area contributed by atoms with Gasteiger partial charge in [0.05, 0.1) is 7.11 Å². The zero-order valence-corrected chi connectivity index (χ0v) is 15.4. The molecule has 0 saturated heterocycles. The Bertz CT molecular complexity index is 506. The molecule has 0 aliphatic carbocycles. The Morgan fingerprint density at radius 2 is 1.83 bits per heavy atom. The standard InChI is InChI=1S/C18H32N4O/c1-14-7-8-15(13-16(14)23-6)9-10-20-17(19-5)21-11-12-22-18(2,3)4/h7-8,13,22H,9-12H2,1-6H3,(H2,19,20,21). The van der Waals surface area contributed by atoms with Crippen LogP contribution in [0, 0.1) is 6.92 Å². The third-order valence-electron chi connectivity index (χ3n) is 3.47. The summed E-state index contributed by atoms with van der Waals surface area (Å²) in [6, 6.07) is 6.34. The van der Waals surface area contributed by atoms with Crippen molar-refractivity contribution in [2.75, 3.05) is 33.8 Å². The van der Waals surface area contributed by atoms with Gasteiger partial charge in [-0.25, -0.2) is 0 Å². The summed E-state index contributed by atoms with van der Waals surface area (Å²) in [7, 11) is 3.50. The van der Waals surface area contributed by atoms with Crippen LogP contribution in [0.5, 0.6) is 5.75 Å². The molecule has 3 N–H and O–H groups in total. The lowest BCUT2D eigenvalue weighted by atomic mass is 10.1. The van der Waals surface area contributed by atoms with Crippen LogP contribution in [0.4, 0.5) is 0 Å². The van der Waals surface area contributed by atoms with E-state index in [1.807, 2.05) is 0 Å². The van der Waals surface area contributed by atoms with Gasteiger partial charge in [-0.15, -0.1) is 0 Å². The summed E-state index contributed by atoms with van der Waals surface area (Å²) < 4.78 is 5.36. The van der Waals surface area contributed by atoms with Gasteiger partial charge in [0.2, 0.25) is 0 Å². The maximum atomic E-state index is 5.36. The number of hydrogen-bond acceptors (Lipinski definition) is 3. The van der Waals surface area contributed by atoms with E-state index < -0.39 is 0 Å². The number of guanidine groups is 1. The second-order valence-corrected chi connectivity index (χ2v) is 6.66. The largest absolute Gasteiger partial charge is 0.496 e. The molecule has 23 heavy (non-hydrogen) atoms. The minimum atomic E-state index is 0.142. The average Bonchev–Trinajstić information content (AvgIpc) is 2.50. The molecule has 0 fully saturated rings. The van der Waals surface area contributed by atoms with E-state index in [0.29, 0.717) is 0 Å². The molecular formula is C18H32N4O. The van der Waals surface area contributed by atoms with E-state index in [4.69, 9.17) is 4.74 Å². The van der Waals surface area contributed by atoms with Crippen molar-refractivity contribution in [3.05, 3.63) is 29.3 Å². The lowest BCUT2D eigenvalue weighted by Gasteiger charge is -2.21. The molecule has 1 aromatic carbocycles. The van der Waals surface area contributed by atoms with E-state index in [1.165, 1.54) is 5.56 Å². The topological polar surface area (TPSA) is 57.7 Å². The summed E-state index contributed by atoms with van der Waals surface area (Å²) in [5, 5.41) is 10.1. The lowest BCUT2D eigenvalue weighted by Crippen LogP contribution is -2.44. The van der Waals surface area contributed by atoms with Crippen LogP contribution in [-0.4, -0.2) is 45.3 Å². The van der Waals surface area contributed by atoms with Gasteiger partial charge in [0.1, 0.15) is 5.75 Å². The molecule has 0 aromatic heterocycles. The van der Waals surface area contributed by atoms with Crippen LogP contribution in [0.3, 0.4) is 0 Å². The first-order valence-electron chi connectivity index (χ1n) is 8.19. The van der Waals surface area contributed by atoms with Crippen molar-refractivity contribution in [3.8, 4) is 5.75 Å². The summed E-state index contributed by atoms with van der Waals surface area (Å²) in [4.78, 5) is 4.24. The molecule has 0 spiro atoms. The maximum Gasteiger partial charge on any atom is 0.191 e. The normalized spacial score (nSPS) is 12.2. The van der Waals surface area contributed by atoms with Crippen LogP contribution in [0.25, 0.3) is 0 Å². The van der Waals surface area contributed by atoms with Gasteiger partial charge in [0.25, 0.3) is 0 Å². The molecule has 0 amide bonds. The summed E-state index contributed by atoms with van der Waals surface area (Å²) in [6.45, 7) is 11.1. The van der Waals surface area contributed by atoms with Crippen LogP contribution >= 0.6 is 0 Å². The van der Waals surface area contributed by atoms with Crippen LogP contribution in [0.1, 0.15) is 31.9 Å². The zero-order chi connectivity index (χ0) is 17.3. The highest BCUT2D eigenvalue weighted by molar-refractivity contribution is 5.79. The van der Waals surface area contributed by atoms with Gasteiger partial charge in [-0.3, -0.25) is 4.99 Å². The first-order chi connectivity index (χ1) is 10.9. The van der Waals surface area contributed by atoms with Crippen LogP contribution in [0.2, 0.25) is 0 Å². The molecule has 0 heterocycles. The third kappa shape index (κ3) is 7.88. The smallest absolute Gasteiger partial charge is 0.191 e. The minimum absolute atomic E-state index is 0.142. The molecule has 130 valence electrons. The summed E-state index contributed by atoms with van der Waals surface area (Å²) in [5.41, 5.74) is 2.56. The number of aliphatic imine (C=N–C) groups is 1. The zero-order valence-electron chi connectivity index (χ0n) is 15.4. The Kier molecular flexibility index (Phi) is 7.89.